The van der Waals surface area contributed by atoms with Gasteiger partial charge in [0, 0.05) is 5.57 Å². The van der Waals surface area contributed by atoms with Crippen LogP contribution in [-0.2, 0) is 0 Å². The molecule has 0 rings (SSSR count). The lowest BCUT2D eigenvalue weighted by atomic mass is 9.71. The number of halogens is 3. The zero-order chi connectivity index (χ0) is 19.6. The lowest BCUT2D eigenvalue weighted by Gasteiger charge is -2.35. The standard InChI is InChI=1S/C21H37F3/c1-15(18(4,5)6)11-13-19(7,8)16(2)12-14-20(9,10)17(3)21(22,23)24/h15H,2-3,11-14H2,1,4-10H3. The maximum absolute atomic E-state index is 12.9. The molecule has 0 saturated carbocycles. The van der Waals surface area contributed by atoms with Gasteiger partial charge in [0.1, 0.15) is 0 Å². The lowest BCUT2D eigenvalue weighted by Crippen LogP contribution is -2.27. The van der Waals surface area contributed by atoms with Crippen molar-refractivity contribution in [2.45, 2.75) is 87.2 Å². The molecular formula is C21H37F3. The van der Waals surface area contributed by atoms with Crippen LogP contribution >= 0.6 is 0 Å². The zero-order valence-electron chi connectivity index (χ0n) is 17.0. The Kier molecular flexibility index (Phi) is 7.43. The third-order valence-corrected chi connectivity index (χ3v) is 5.85. The monoisotopic (exact) mass is 346 g/mol. The topological polar surface area (TPSA) is 0 Å². The minimum Gasteiger partial charge on any atom is -0.166 e. The second-order valence-corrected chi connectivity index (χ2v) is 9.65. The minimum absolute atomic E-state index is 0.0604. The van der Waals surface area contributed by atoms with Crippen molar-refractivity contribution < 1.29 is 13.2 Å². The predicted molar refractivity (Wildman–Crippen MR) is 99.0 cm³/mol. The van der Waals surface area contributed by atoms with E-state index in [2.05, 4.69) is 54.7 Å². The summed E-state index contributed by atoms with van der Waals surface area (Å²) in [6, 6.07) is 0. The highest BCUT2D eigenvalue weighted by molar-refractivity contribution is 5.15. The second kappa shape index (κ2) is 7.66. The highest BCUT2D eigenvalue weighted by atomic mass is 19.4. The van der Waals surface area contributed by atoms with E-state index in [0.29, 0.717) is 18.8 Å². The van der Waals surface area contributed by atoms with Crippen LogP contribution in [0, 0.1) is 22.2 Å². The zero-order valence-corrected chi connectivity index (χ0v) is 17.0. The van der Waals surface area contributed by atoms with Crippen LogP contribution in [0.1, 0.15) is 81.1 Å². The Morgan fingerprint density at radius 3 is 1.67 bits per heavy atom. The molecule has 0 aromatic carbocycles. The predicted octanol–water partition coefficient (Wildman–Crippen LogP) is 7.96. The Morgan fingerprint density at radius 2 is 1.29 bits per heavy atom. The number of hydrogen-bond acceptors (Lipinski definition) is 0. The first-order valence-electron chi connectivity index (χ1n) is 8.86. The Labute approximate surface area is 147 Å². The van der Waals surface area contributed by atoms with Crippen LogP contribution in [-0.4, -0.2) is 6.18 Å². The van der Waals surface area contributed by atoms with Crippen molar-refractivity contribution >= 4 is 0 Å². The van der Waals surface area contributed by atoms with Gasteiger partial charge in [-0.1, -0.05) is 74.1 Å². The smallest absolute Gasteiger partial charge is 0.166 e. The fourth-order valence-electron chi connectivity index (χ4n) is 2.52. The van der Waals surface area contributed by atoms with Crippen LogP contribution in [0.15, 0.2) is 24.3 Å². The van der Waals surface area contributed by atoms with Gasteiger partial charge in [-0.2, -0.15) is 13.2 Å². The molecule has 0 fully saturated rings. The summed E-state index contributed by atoms with van der Waals surface area (Å²) in [7, 11) is 0. The summed E-state index contributed by atoms with van der Waals surface area (Å²) < 4.78 is 38.7. The molecule has 0 saturated heterocycles. The normalized spacial score (nSPS) is 15.3. The molecule has 0 aromatic heterocycles. The van der Waals surface area contributed by atoms with Crippen LogP contribution < -0.4 is 0 Å². The maximum atomic E-state index is 12.9. The molecule has 1 atom stereocenters. The van der Waals surface area contributed by atoms with Crippen LogP contribution in [0.5, 0.6) is 0 Å². The average Bonchev–Trinajstić information content (AvgIpc) is 2.39. The molecule has 0 radical (unpaired) electrons. The van der Waals surface area contributed by atoms with Gasteiger partial charge in [-0.05, 0) is 47.8 Å². The SMILES string of the molecule is C=C(CCC(C)(C)C(=C)C(F)(F)F)C(C)(C)CCC(C)C(C)(C)C. The molecule has 24 heavy (non-hydrogen) atoms. The van der Waals surface area contributed by atoms with Gasteiger partial charge >= 0.3 is 6.18 Å². The Balaban J connectivity index is 4.73. The minimum atomic E-state index is -4.33. The van der Waals surface area contributed by atoms with Crippen molar-refractivity contribution in [2.24, 2.45) is 22.2 Å². The Hall–Kier alpha value is -0.730. The molecule has 0 spiro atoms. The first kappa shape index (κ1) is 23.3. The van der Waals surface area contributed by atoms with Crippen molar-refractivity contribution in [2.75, 3.05) is 0 Å². The first-order chi connectivity index (χ1) is 10.4. The van der Waals surface area contributed by atoms with Gasteiger partial charge in [0.25, 0.3) is 0 Å². The highest BCUT2D eigenvalue weighted by Gasteiger charge is 2.41. The van der Waals surface area contributed by atoms with Gasteiger partial charge in [-0.15, -0.1) is 0 Å². The molecular weight excluding hydrogens is 309 g/mol. The van der Waals surface area contributed by atoms with Crippen molar-refractivity contribution in [3.8, 4) is 0 Å². The third-order valence-electron chi connectivity index (χ3n) is 5.85. The summed E-state index contributed by atoms with van der Waals surface area (Å²) in [4.78, 5) is 0. The average molecular weight is 347 g/mol. The van der Waals surface area contributed by atoms with E-state index < -0.39 is 17.2 Å². The molecule has 0 aliphatic carbocycles. The van der Waals surface area contributed by atoms with E-state index in [1.807, 2.05) is 0 Å². The fourth-order valence-corrected chi connectivity index (χ4v) is 2.52. The fraction of sp³-hybridized carbons (Fsp3) is 0.810. The van der Waals surface area contributed by atoms with Crippen molar-refractivity contribution in [1.82, 2.24) is 0 Å². The molecule has 0 bridgehead atoms. The van der Waals surface area contributed by atoms with E-state index in [4.69, 9.17) is 0 Å². The molecule has 0 heterocycles. The van der Waals surface area contributed by atoms with Crippen molar-refractivity contribution in [3.63, 3.8) is 0 Å². The van der Waals surface area contributed by atoms with E-state index in [1.54, 1.807) is 13.8 Å². The first-order valence-corrected chi connectivity index (χ1v) is 8.86. The molecule has 0 aliphatic rings. The maximum Gasteiger partial charge on any atom is 0.412 e. The van der Waals surface area contributed by atoms with Crippen LogP contribution in [0.2, 0.25) is 0 Å². The quantitative estimate of drug-likeness (QED) is 0.391. The van der Waals surface area contributed by atoms with E-state index in [9.17, 15) is 13.2 Å². The summed E-state index contributed by atoms with van der Waals surface area (Å²) in [5, 5.41) is 0. The Bertz CT molecular complexity index is 445. The second-order valence-electron chi connectivity index (χ2n) is 9.65. The summed E-state index contributed by atoms with van der Waals surface area (Å²) in [6.07, 6.45) is -1.22. The molecule has 0 N–H and O–H groups in total. The largest absolute Gasteiger partial charge is 0.412 e. The number of rotatable bonds is 8. The van der Waals surface area contributed by atoms with Crippen molar-refractivity contribution in [1.29, 1.82) is 0 Å². The molecule has 0 aromatic rings. The van der Waals surface area contributed by atoms with Crippen LogP contribution in [0.4, 0.5) is 13.2 Å². The third kappa shape index (κ3) is 7.03. The molecule has 1 unspecified atom stereocenters. The molecule has 0 aliphatic heterocycles. The number of alkyl halides is 3. The summed E-state index contributed by atoms with van der Waals surface area (Å²) >= 11 is 0. The van der Waals surface area contributed by atoms with Gasteiger partial charge in [-0.3, -0.25) is 0 Å². The summed E-state index contributed by atoms with van der Waals surface area (Å²) in [5.74, 6) is 0.589. The van der Waals surface area contributed by atoms with Gasteiger partial charge in [0.15, 0.2) is 0 Å². The summed E-state index contributed by atoms with van der Waals surface area (Å²) in [6.45, 7) is 24.0. The molecule has 3 heteroatoms. The van der Waals surface area contributed by atoms with Gasteiger partial charge < -0.3 is 0 Å². The molecule has 0 amide bonds. The van der Waals surface area contributed by atoms with E-state index in [-0.39, 0.29) is 10.8 Å². The summed E-state index contributed by atoms with van der Waals surface area (Å²) in [5.41, 5.74) is -0.372. The lowest BCUT2D eigenvalue weighted by molar-refractivity contribution is -0.105. The van der Waals surface area contributed by atoms with Gasteiger partial charge in [-0.25, -0.2) is 0 Å². The number of allylic oxidation sites excluding steroid dienone is 2. The number of hydrogen-bond donors (Lipinski definition) is 0. The van der Waals surface area contributed by atoms with Crippen LogP contribution in [0.25, 0.3) is 0 Å². The molecule has 0 nitrogen and oxygen atoms in total. The van der Waals surface area contributed by atoms with Crippen molar-refractivity contribution in [3.05, 3.63) is 24.3 Å². The van der Waals surface area contributed by atoms with E-state index in [1.165, 1.54) is 0 Å². The Morgan fingerprint density at radius 1 is 0.833 bits per heavy atom. The van der Waals surface area contributed by atoms with E-state index >= 15 is 0 Å². The van der Waals surface area contributed by atoms with Gasteiger partial charge in [0.2, 0.25) is 0 Å². The van der Waals surface area contributed by atoms with E-state index in [0.717, 1.165) is 18.4 Å². The van der Waals surface area contributed by atoms with Gasteiger partial charge in [0.05, 0.1) is 0 Å². The highest BCUT2D eigenvalue weighted by Crippen LogP contribution is 2.44. The van der Waals surface area contributed by atoms with Crippen LogP contribution in [0.3, 0.4) is 0 Å². The molecule has 142 valence electrons.